The number of nitrogens with one attached hydrogen (secondary N) is 1. The van der Waals surface area contributed by atoms with Gasteiger partial charge in [0, 0.05) is 12.1 Å². The zero-order valence-corrected chi connectivity index (χ0v) is 22.8. The molecule has 0 spiro atoms. The van der Waals surface area contributed by atoms with Crippen molar-refractivity contribution in [2.45, 2.75) is 71.4 Å². The molecule has 0 aliphatic carbocycles. The maximum absolute atomic E-state index is 6.56. The van der Waals surface area contributed by atoms with Gasteiger partial charge in [-0.3, -0.25) is 0 Å². The molecule has 2 aromatic carbocycles. The standard InChI is InChI=1S/C29H39N2O2.HI/c1-3-5-7-13-22-31(23-14-8-6-4-2)25-17-10-12-19-27(25)33-29(31)21-15-20-28-30-24-16-9-11-18-26(24)32-28;/h9-12,15-21,29-30H,3-8,13-14,22-23H2,1-2H3;1H/q+1;/p-1. The molecule has 34 heavy (non-hydrogen) atoms. The molecule has 1 unspecified atom stereocenters. The van der Waals surface area contributed by atoms with Gasteiger partial charge in [0.15, 0.2) is 23.1 Å². The van der Waals surface area contributed by atoms with Gasteiger partial charge in [-0.2, -0.15) is 0 Å². The maximum Gasteiger partial charge on any atom is 0.258 e. The number of hydrogen-bond donors (Lipinski definition) is 1. The summed E-state index contributed by atoms with van der Waals surface area (Å²) in [6.45, 7) is 6.80. The third-order valence-corrected chi connectivity index (χ3v) is 6.79. The number of fused-ring (bicyclic) bond motifs is 2. The number of quaternary nitrogens is 1. The lowest BCUT2D eigenvalue weighted by Crippen LogP contribution is -3.00. The van der Waals surface area contributed by atoms with E-state index in [1.54, 1.807) is 0 Å². The minimum Gasteiger partial charge on any atom is -1.00 e. The molecule has 2 aromatic rings. The average Bonchev–Trinajstić information content (AvgIpc) is 3.39. The second kappa shape index (κ2) is 13.2. The Labute approximate surface area is 222 Å². The van der Waals surface area contributed by atoms with Gasteiger partial charge < -0.3 is 38.8 Å². The van der Waals surface area contributed by atoms with Crippen LogP contribution in [0.1, 0.15) is 65.2 Å². The molecule has 0 fully saturated rings. The Morgan fingerprint density at radius 3 is 2.15 bits per heavy atom. The zero-order valence-electron chi connectivity index (χ0n) is 20.6. The van der Waals surface area contributed by atoms with Crippen molar-refractivity contribution in [1.82, 2.24) is 4.48 Å². The van der Waals surface area contributed by atoms with Crippen LogP contribution >= 0.6 is 0 Å². The van der Waals surface area contributed by atoms with E-state index >= 15 is 0 Å². The Kier molecular flexibility index (Phi) is 10.3. The van der Waals surface area contributed by atoms with Crippen LogP contribution in [0.25, 0.3) is 0 Å². The van der Waals surface area contributed by atoms with Gasteiger partial charge in [0.05, 0.1) is 18.8 Å². The van der Waals surface area contributed by atoms with Crippen molar-refractivity contribution < 1.29 is 33.5 Å². The number of allylic oxidation sites excluding steroid dienone is 2. The van der Waals surface area contributed by atoms with Crippen molar-refractivity contribution in [1.29, 1.82) is 0 Å². The summed E-state index contributed by atoms with van der Waals surface area (Å²) < 4.78 is 13.4. The van der Waals surface area contributed by atoms with E-state index in [0.717, 1.165) is 40.6 Å². The fraction of sp³-hybridized carbons (Fsp3) is 0.448. The summed E-state index contributed by atoms with van der Waals surface area (Å²) in [5.41, 5.74) is 2.36. The molecule has 5 heteroatoms. The van der Waals surface area contributed by atoms with Crippen LogP contribution in [0.2, 0.25) is 0 Å². The number of para-hydroxylation sites is 4. The van der Waals surface area contributed by atoms with E-state index in [-0.39, 0.29) is 30.2 Å². The fourth-order valence-electron chi connectivity index (χ4n) is 4.99. The summed E-state index contributed by atoms with van der Waals surface area (Å²) in [7, 11) is 0. The summed E-state index contributed by atoms with van der Waals surface area (Å²) in [5, 5.41) is 3.34. The van der Waals surface area contributed by atoms with E-state index in [4.69, 9.17) is 9.47 Å². The van der Waals surface area contributed by atoms with Crippen LogP contribution in [0, 0.1) is 0 Å². The molecule has 0 saturated heterocycles. The first-order chi connectivity index (χ1) is 16.3. The normalized spacial score (nSPS) is 18.6. The number of benzene rings is 2. The molecular weight excluding hydrogens is 535 g/mol. The third kappa shape index (κ3) is 6.16. The number of rotatable bonds is 12. The second-order valence-electron chi connectivity index (χ2n) is 9.22. The highest BCUT2D eigenvalue weighted by Crippen LogP contribution is 2.44. The van der Waals surface area contributed by atoms with Gasteiger partial charge in [0.1, 0.15) is 0 Å². The number of hydrogen-bond acceptors (Lipinski definition) is 3. The molecule has 2 aliphatic rings. The topological polar surface area (TPSA) is 30.5 Å². The first-order valence-corrected chi connectivity index (χ1v) is 12.8. The molecule has 0 aromatic heterocycles. The molecule has 0 bridgehead atoms. The van der Waals surface area contributed by atoms with Crippen LogP contribution in [0.5, 0.6) is 11.5 Å². The molecule has 4 nitrogen and oxygen atoms in total. The molecule has 1 N–H and O–H groups in total. The summed E-state index contributed by atoms with van der Waals surface area (Å²) in [4.78, 5) is 0. The van der Waals surface area contributed by atoms with Crippen molar-refractivity contribution in [2.24, 2.45) is 0 Å². The average molecular weight is 575 g/mol. The predicted molar refractivity (Wildman–Crippen MR) is 139 cm³/mol. The molecule has 1 atom stereocenters. The van der Waals surface area contributed by atoms with E-state index in [1.807, 2.05) is 30.3 Å². The van der Waals surface area contributed by atoms with Gasteiger partial charge in [-0.25, -0.2) is 4.48 Å². The first-order valence-electron chi connectivity index (χ1n) is 12.8. The molecule has 184 valence electrons. The first kappa shape index (κ1) is 26.6. The summed E-state index contributed by atoms with van der Waals surface area (Å²) in [6.07, 6.45) is 16.5. The van der Waals surface area contributed by atoms with Crippen molar-refractivity contribution >= 4 is 11.4 Å². The molecule has 0 radical (unpaired) electrons. The number of ether oxygens (including phenoxy) is 2. The lowest BCUT2D eigenvalue weighted by molar-refractivity contribution is -0.00000795. The van der Waals surface area contributed by atoms with E-state index in [1.165, 1.54) is 57.1 Å². The van der Waals surface area contributed by atoms with Crippen LogP contribution in [0.4, 0.5) is 11.4 Å². The van der Waals surface area contributed by atoms with Gasteiger partial charge in [0.25, 0.3) is 6.23 Å². The molecule has 0 saturated carbocycles. The summed E-state index contributed by atoms with van der Waals surface area (Å²) >= 11 is 0. The van der Waals surface area contributed by atoms with Crippen molar-refractivity contribution in [3.8, 4) is 11.5 Å². The molecule has 4 rings (SSSR count). The summed E-state index contributed by atoms with van der Waals surface area (Å²) in [6, 6.07) is 16.7. The zero-order chi connectivity index (χ0) is 22.9. The maximum atomic E-state index is 6.56. The Morgan fingerprint density at radius 2 is 1.47 bits per heavy atom. The van der Waals surface area contributed by atoms with Crippen LogP contribution < -0.4 is 43.3 Å². The predicted octanol–water partition coefficient (Wildman–Crippen LogP) is 4.78. The van der Waals surface area contributed by atoms with Gasteiger partial charge in [-0.05, 0) is 50.0 Å². The lowest BCUT2D eigenvalue weighted by Gasteiger charge is -2.37. The molecule has 0 amide bonds. The number of nitrogens with zero attached hydrogens (tertiary/aromatic N) is 1. The Bertz CT molecular complexity index is 933. The van der Waals surface area contributed by atoms with E-state index in [9.17, 15) is 0 Å². The van der Waals surface area contributed by atoms with Gasteiger partial charge in [-0.1, -0.05) is 69.9 Å². The fourth-order valence-corrected chi connectivity index (χ4v) is 4.99. The Balaban J connectivity index is 0.00000324. The molecule has 2 heterocycles. The number of anilines is 1. The lowest BCUT2D eigenvalue weighted by atomic mass is 10.1. The minimum absolute atomic E-state index is 0. The summed E-state index contributed by atoms with van der Waals surface area (Å²) in [5.74, 6) is 2.67. The third-order valence-electron chi connectivity index (χ3n) is 6.79. The highest BCUT2D eigenvalue weighted by atomic mass is 127. The van der Waals surface area contributed by atoms with Crippen molar-refractivity contribution in [3.63, 3.8) is 0 Å². The Morgan fingerprint density at radius 1 is 0.824 bits per heavy atom. The number of unbranched alkanes of at least 4 members (excludes halogenated alkanes) is 6. The van der Waals surface area contributed by atoms with Gasteiger partial charge >= 0.3 is 0 Å². The van der Waals surface area contributed by atoms with Crippen LogP contribution in [-0.4, -0.2) is 19.3 Å². The Hall–Kier alpha value is -1.99. The molecule has 2 aliphatic heterocycles. The van der Waals surface area contributed by atoms with Crippen LogP contribution in [-0.2, 0) is 0 Å². The highest BCUT2D eigenvalue weighted by molar-refractivity contribution is 5.64. The number of halogens is 1. The molecular formula is C29H39IN2O2. The monoisotopic (exact) mass is 574 g/mol. The van der Waals surface area contributed by atoms with E-state index < -0.39 is 0 Å². The van der Waals surface area contributed by atoms with Crippen LogP contribution in [0.3, 0.4) is 0 Å². The second-order valence-corrected chi connectivity index (χ2v) is 9.22. The smallest absolute Gasteiger partial charge is 0.258 e. The quantitative estimate of drug-likeness (QED) is 0.225. The van der Waals surface area contributed by atoms with Crippen molar-refractivity contribution in [3.05, 3.63) is 72.6 Å². The largest absolute Gasteiger partial charge is 1.00 e. The SMILES string of the molecule is CCCCCC[N+]1(CCCCCC)c2ccccc2OC1C=CC=C1Nc2ccccc2O1.[I-]. The highest BCUT2D eigenvalue weighted by Gasteiger charge is 2.46. The van der Waals surface area contributed by atoms with E-state index in [0.29, 0.717) is 0 Å². The van der Waals surface area contributed by atoms with Gasteiger partial charge in [0.2, 0.25) is 0 Å². The van der Waals surface area contributed by atoms with E-state index in [2.05, 4.69) is 55.6 Å². The van der Waals surface area contributed by atoms with Gasteiger partial charge in [-0.15, -0.1) is 0 Å². The van der Waals surface area contributed by atoms with Crippen molar-refractivity contribution in [2.75, 3.05) is 18.4 Å². The minimum atomic E-state index is -0.00807. The van der Waals surface area contributed by atoms with Crippen LogP contribution in [0.15, 0.2) is 72.6 Å².